The van der Waals surface area contributed by atoms with E-state index in [9.17, 15) is 14.7 Å². The molecule has 2 aromatic rings. The fourth-order valence-electron chi connectivity index (χ4n) is 2.61. The maximum atomic E-state index is 12.4. The van der Waals surface area contributed by atoms with Crippen molar-refractivity contribution in [3.8, 4) is 0 Å². The number of hydrogen-bond acceptors (Lipinski definition) is 3. The fraction of sp³-hybridized carbons (Fsp3) is 0.176. The van der Waals surface area contributed by atoms with Crippen LogP contribution < -0.4 is 0 Å². The summed E-state index contributed by atoms with van der Waals surface area (Å²) in [5, 5.41) is 9.40. The van der Waals surface area contributed by atoms with Gasteiger partial charge in [0.1, 0.15) is 11.8 Å². The van der Waals surface area contributed by atoms with Gasteiger partial charge in [-0.05, 0) is 29.3 Å². The molecule has 0 bridgehead atoms. The number of benzene rings is 1. The number of rotatable bonds is 3. The Morgan fingerprint density at radius 3 is 2.64 bits per heavy atom. The number of nitrogens with zero attached hydrogens (tertiary/aromatic N) is 1. The number of furan rings is 1. The van der Waals surface area contributed by atoms with Crippen molar-refractivity contribution >= 4 is 18.0 Å². The summed E-state index contributed by atoms with van der Waals surface area (Å²) in [7, 11) is 0. The molecule has 5 heteroatoms. The Labute approximate surface area is 127 Å². The van der Waals surface area contributed by atoms with E-state index in [1.54, 1.807) is 18.2 Å². The first-order valence-corrected chi connectivity index (χ1v) is 6.97. The van der Waals surface area contributed by atoms with E-state index in [1.807, 2.05) is 24.3 Å². The van der Waals surface area contributed by atoms with Crippen LogP contribution in [-0.4, -0.2) is 27.9 Å². The average Bonchev–Trinajstić information content (AvgIpc) is 3.04. The molecule has 112 valence electrons. The molecule has 2 heterocycles. The summed E-state index contributed by atoms with van der Waals surface area (Å²) in [6, 6.07) is 10.2. The van der Waals surface area contributed by atoms with Crippen molar-refractivity contribution in [2.24, 2.45) is 0 Å². The molecule has 22 heavy (non-hydrogen) atoms. The Kier molecular flexibility index (Phi) is 3.78. The van der Waals surface area contributed by atoms with E-state index in [-0.39, 0.29) is 5.91 Å². The van der Waals surface area contributed by atoms with E-state index in [2.05, 4.69) is 0 Å². The van der Waals surface area contributed by atoms with E-state index in [0.29, 0.717) is 18.7 Å². The summed E-state index contributed by atoms with van der Waals surface area (Å²) in [4.78, 5) is 25.2. The molecule has 1 atom stereocenters. The second-order valence-electron chi connectivity index (χ2n) is 5.14. The Morgan fingerprint density at radius 2 is 1.95 bits per heavy atom. The molecule has 1 aromatic heterocycles. The molecule has 0 saturated carbocycles. The highest BCUT2D eigenvalue weighted by Crippen LogP contribution is 2.24. The number of hydrogen-bond donors (Lipinski definition) is 1. The number of fused-ring (bicyclic) bond motifs is 1. The van der Waals surface area contributed by atoms with E-state index in [1.165, 1.54) is 17.2 Å². The van der Waals surface area contributed by atoms with Gasteiger partial charge in [0.15, 0.2) is 0 Å². The predicted octanol–water partition coefficient (Wildman–Crippen LogP) is 2.33. The summed E-state index contributed by atoms with van der Waals surface area (Å²) >= 11 is 0. The van der Waals surface area contributed by atoms with Crippen LogP contribution in [0.2, 0.25) is 0 Å². The molecule has 3 rings (SSSR count). The van der Waals surface area contributed by atoms with Crippen molar-refractivity contribution in [2.75, 3.05) is 0 Å². The van der Waals surface area contributed by atoms with Gasteiger partial charge < -0.3 is 14.4 Å². The quantitative estimate of drug-likeness (QED) is 0.883. The monoisotopic (exact) mass is 297 g/mol. The van der Waals surface area contributed by atoms with Gasteiger partial charge in [-0.1, -0.05) is 24.3 Å². The van der Waals surface area contributed by atoms with E-state index in [4.69, 9.17) is 4.42 Å². The molecule has 1 amide bonds. The maximum absolute atomic E-state index is 12.4. The van der Waals surface area contributed by atoms with Crippen molar-refractivity contribution in [1.29, 1.82) is 0 Å². The van der Waals surface area contributed by atoms with Crippen LogP contribution >= 0.6 is 0 Å². The number of aliphatic carboxylic acids is 1. The minimum absolute atomic E-state index is 0.300. The van der Waals surface area contributed by atoms with Gasteiger partial charge in [0.05, 0.1) is 6.26 Å². The molecule has 0 fully saturated rings. The van der Waals surface area contributed by atoms with Crippen molar-refractivity contribution in [1.82, 2.24) is 4.90 Å². The lowest BCUT2D eigenvalue weighted by Crippen LogP contribution is -2.48. The summed E-state index contributed by atoms with van der Waals surface area (Å²) in [6.45, 7) is 0.300. The van der Waals surface area contributed by atoms with Gasteiger partial charge in [0.25, 0.3) is 0 Å². The molecule has 1 aliphatic rings. The zero-order chi connectivity index (χ0) is 15.5. The topological polar surface area (TPSA) is 70.8 Å². The SMILES string of the molecule is O=C(O)[C@H]1Cc2ccccc2CN1C(=O)/C=C/c1ccco1. The van der Waals surface area contributed by atoms with Crippen LogP contribution in [0.1, 0.15) is 16.9 Å². The normalized spacial score (nSPS) is 17.5. The molecule has 0 spiro atoms. The minimum atomic E-state index is -0.991. The Bertz CT molecular complexity index is 718. The van der Waals surface area contributed by atoms with E-state index < -0.39 is 12.0 Å². The zero-order valence-corrected chi connectivity index (χ0v) is 11.8. The number of carbonyl (C=O) groups excluding carboxylic acids is 1. The number of amides is 1. The lowest BCUT2D eigenvalue weighted by Gasteiger charge is -2.33. The molecule has 0 aliphatic carbocycles. The van der Waals surface area contributed by atoms with Gasteiger partial charge in [-0.25, -0.2) is 4.79 Å². The van der Waals surface area contributed by atoms with E-state index in [0.717, 1.165) is 11.1 Å². The highest BCUT2D eigenvalue weighted by Gasteiger charge is 2.33. The third-order valence-corrected chi connectivity index (χ3v) is 3.75. The highest BCUT2D eigenvalue weighted by atomic mass is 16.4. The smallest absolute Gasteiger partial charge is 0.326 e. The van der Waals surface area contributed by atoms with E-state index >= 15 is 0 Å². The van der Waals surface area contributed by atoms with Crippen molar-refractivity contribution < 1.29 is 19.1 Å². The highest BCUT2D eigenvalue weighted by molar-refractivity contribution is 5.94. The first-order valence-electron chi connectivity index (χ1n) is 6.97. The van der Waals surface area contributed by atoms with Crippen molar-refractivity contribution in [2.45, 2.75) is 19.0 Å². The lowest BCUT2D eigenvalue weighted by atomic mass is 9.94. The van der Waals surface area contributed by atoms with Gasteiger partial charge >= 0.3 is 5.97 Å². The summed E-state index contributed by atoms with van der Waals surface area (Å²) < 4.78 is 5.13. The largest absolute Gasteiger partial charge is 0.480 e. The Balaban J connectivity index is 1.84. The molecule has 0 unspecified atom stereocenters. The standard InChI is InChI=1S/C17H15NO4/c19-16(8-7-14-6-3-9-22-14)18-11-13-5-2-1-4-12(13)10-15(18)17(20)21/h1-9,15H,10-11H2,(H,20,21)/b8-7+/t15-/m1/s1. The van der Waals surface area contributed by atoms with Crippen LogP contribution in [0.15, 0.2) is 53.2 Å². The van der Waals surface area contributed by atoms with Gasteiger partial charge in [-0.2, -0.15) is 0 Å². The Morgan fingerprint density at radius 1 is 1.18 bits per heavy atom. The maximum Gasteiger partial charge on any atom is 0.326 e. The van der Waals surface area contributed by atoms with Gasteiger partial charge in [-0.15, -0.1) is 0 Å². The summed E-state index contributed by atoms with van der Waals surface area (Å²) in [5.41, 5.74) is 1.97. The molecular weight excluding hydrogens is 282 g/mol. The lowest BCUT2D eigenvalue weighted by molar-refractivity contribution is -0.149. The zero-order valence-electron chi connectivity index (χ0n) is 11.8. The fourth-order valence-corrected chi connectivity index (χ4v) is 2.61. The van der Waals surface area contributed by atoms with Crippen LogP contribution in [0.4, 0.5) is 0 Å². The average molecular weight is 297 g/mol. The predicted molar refractivity (Wildman–Crippen MR) is 79.9 cm³/mol. The van der Waals surface area contributed by atoms with Crippen molar-refractivity contribution in [3.63, 3.8) is 0 Å². The second kappa shape index (κ2) is 5.89. The number of carboxylic acid groups (broad SMARTS) is 1. The third-order valence-electron chi connectivity index (χ3n) is 3.75. The Hall–Kier alpha value is -2.82. The van der Waals surface area contributed by atoms with Crippen LogP contribution in [0.25, 0.3) is 6.08 Å². The van der Waals surface area contributed by atoms with Crippen LogP contribution in [-0.2, 0) is 22.6 Å². The summed E-state index contributed by atoms with van der Waals surface area (Å²) in [5.74, 6) is -0.773. The van der Waals surface area contributed by atoms with Gasteiger partial charge in [0.2, 0.25) is 5.91 Å². The molecule has 1 aliphatic heterocycles. The second-order valence-corrected chi connectivity index (χ2v) is 5.14. The molecule has 0 saturated heterocycles. The first kappa shape index (κ1) is 14.1. The molecular formula is C17H15NO4. The first-order chi connectivity index (χ1) is 10.6. The summed E-state index contributed by atoms with van der Waals surface area (Å²) in [6.07, 6.45) is 4.73. The molecule has 1 N–H and O–H groups in total. The number of carbonyl (C=O) groups is 2. The van der Waals surface area contributed by atoms with Crippen LogP contribution in [0.3, 0.4) is 0 Å². The van der Waals surface area contributed by atoms with Crippen molar-refractivity contribution in [3.05, 3.63) is 65.6 Å². The molecule has 5 nitrogen and oxygen atoms in total. The van der Waals surface area contributed by atoms with Crippen LogP contribution in [0.5, 0.6) is 0 Å². The third kappa shape index (κ3) is 2.79. The molecule has 1 aromatic carbocycles. The minimum Gasteiger partial charge on any atom is -0.480 e. The van der Waals surface area contributed by atoms with Gasteiger partial charge in [-0.3, -0.25) is 4.79 Å². The van der Waals surface area contributed by atoms with Crippen LogP contribution in [0, 0.1) is 0 Å². The molecule has 0 radical (unpaired) electrons. The van der Waals surface area contributed by atoms with Gasteiger partial charge in [0, 0.05) is 19.0 Å². The number of carboxylic acids is 1.